The number of nitrogens with zero attached hydrogens (tertiary/aromatic N) is 2. The molecule has 1 saturated heterocycles. The van der Waals surface area contributed by atoms with Crippen molar-refractivity contribution in [3.8, 4) is 0 Å². The lowest BCUT2D eigenvalue weighted by molar-refractivity contribution is 0.0923. The zero-order valence-electron chi connectivity index (χ0n) is 10.6. The Kier molecular flexibility index (Phi) is 4.26. The van der Waals surface area contributed by atoms with E-state index in [0.29, 0.717) is 4.31 Å². The maximum absolute atomic E-state index is 12.5. The molecule has 1 fully saturated rings. The van der Waals surface area contributed by atoms with Crippen LogP contribution in [0.3, 0.4) is 0 Å². The molecule has 0 radical (unpaired) electrons. The smallest absolute Gasteiger partial charge is 0.350 e. The number of halogens is 2. The Morgan fingerprint density at radius 2 is 2.20 bits per heavy atom. The third-order valence-electron chi connectivity index (χ3n) is 2.95. The fraction of sp³-hybridized carbons (Fsp3) is 0.455. The molecule has 1 aromatic rings. The van der Waals surface area contributed by atoms with Crippen molar-refractivity contribution in [2.24, 2.45) is 5.92 Å². The molecule has 1 aliphatic rings. The van der Waals surface area contributed by atoms with Crippen LogP contribution in [0.5, 0.6) is 0 Å². The lowest BCUT2D eigenvalue weighted by Gasteiger charge is -2.35. The van der Waals surface area contributed by atoms with E-state index in [-0.39, 0.29) is 36.4 Å². The summed E-state index contributed by atoms with van der Waals surface area (Å²) in [4.78, 5) is 15.7. The summed E-state index contributed by atoms with van der Waals surface area (Å²) in [5.41, 5.74) is 1.01. The van der Waals surface area contributed by atoms with E-state index in [1.165, 1.54) is 0 Å². The highest BCUT2D eigenvalue weighted by Gasteiger charge is 2.35. The van der Waals surface area contributed by atoms with Gasteiger partial charge in [-0.1, -0.05) is 15.5 Å². The average Bonchev–Trinajstić information content (AvgIpc) is 2.23. The first-order valence-electron chi connectivity index (χ1n) is 5.88. The number of aryl methyl sites for hydroxylation is 1. The van der Waals surface area contributed by atoms with Crippen molar-refractivity contribution >= 4 is 27.9 Å². The first kappa shape index (κ1) is 15.1. The topological polar surface area (TPSA) is 79.4 Å². The maximum Gasteiger partial charge on any atom is 0.374 e. The van der Waals surface area contributed by atoms with Gasteiger partial charge in [-0.3, -0.25) is 4.79 Å². The quantitative estimate of drug-likeness (QED) is 0.660. The summed E-state index contributed by atoms with van der Waals surface area (Å²) < 4.78 is 34.3. The molecule has 9 heteroatoms. The minimum atomic E-state index is -4.61. The molecule has 0 atom stereocenters. The number of hydrogen-bond acceptors (Lipinski definition) is 4. The van der Waals surface area contributed by atoms with Crippen molar-refractivity contribution in [2.75, 3.05) is 19.6 Å². The first-order chi connectivity index (χ1) is 9.25. The second-order valence-corrected chi connectivity index (χ2v) is 6.42. The molecule has 0 unspecified atom stereocenters. The highest BCUT2D eigenvalue weighted by molar-refractivity contribution is 7.84. The molecular formula is C11H13ClFN3O3S. The van der Waals surface area contributed by atoms with Crippen LogP contribution in [-0.2, 0) is 10.4 Å². The zero-order chi connectivity index (χ0) is 14.9. The van der Waals surface area contributed by atoms with E-state index in [2.05, 4.69) is 10.3 Å². The van der Waals surface area contributed by atoms with Crippen molar-refractivity contribution in [1.29, 1.82) is 0 Å². The van der Waals surface area contributed by atoms with Crippen LogP contribution >= 0.6 is 11.6 Å². The summed E-state index contributed by atoms with van der Waals surface area (Å²) >= 11 is 5.76. The van der Waals surface area contributed by atoms with Gasteiger partial charge >= 0.3 is 10.4 Å². The molecule has 6 nitrogen and oxygen atoms in total. The average molecular weight is 322 g/mol. The number of nitrogens with one attached hydrogen (secondary N) is 1. The van der Waals surface area contributed by atoms with Crippen molar-refractivity contribution in [1.82, 2.24) is 14.6 Å². The minimum Gasteiger partial charge on any atom is -0.350 e. The summed E-state index contributed by atoms with van der Waals surface area (Å²) in [6.07, 6.45) is 0. The predicted octanol–water partition coefficient (Wildman–Crippen LogP) is 0.919. The van der Waals surface area contributed by atoms with Crippen LogP contribution in [0.1, 0.15) is 16.1 Å². The Labute approximate surface area is 121 Å². The lowest BCUT2D eigenvalue weighted by Crippen LogP contribution is -2.52. The van der Waals surface area contributed by atoms with Gasteiger partial charge in [0.05, 0.1) is 0 Å². The van der Waals surface area contributed by atoms with Crippen LogP contribution in [0.25, 0.3) is 0 Å². The van der Waals surface area contributed by atoms with E-state index in [1.54, 1.807) is 19.1 Å². The van der Waals surface area contributed by atoms with Crippen LogP contribution in [0.4, 0.5) is 3.89 Å². The molecule has 0 bridgehead atoms. The Hall–Kier alpha value is -1.25. The summed E-state index contributed by atoms with van der Waals surface area (Å²) in [7, 11) is -4.61. The monoisotopic (exact) mass is 321 g/mol. The second-order valence-electron chi connectivity index (χ2n) is 4.69. The molecule has 0 aromatic carbocycles. The molecule has 0 saturated carbocycles. The van der Waals surface area contributed by atoms with Gasteiger partial charge in [0, 0.05) is 25.6 Å². The van der Waals surface area contributed by atoms with Gasteiger partial charge in [0.25, 0.3) is 5.91 Å². The number of carbonyl (C=O) groups excluding carboxylic acids is 1. The maximum atomic E-state index is 12.5. The SMILES string of the molecule is Cc1cc(Cl)nc(C(=O)NCC2CN(S(=O)(=O)F)C2)c1. The van der Waals surface area contributed by atoms with Crippen molar-refractivity contribution in [3.05, 3.63) is 28.5 Å². The van der Waals surface area contributed by atoms with Crippen LogP contribution in [0.15, 0.2) is 12.1 Å². The molecule has 2 rings (SSSR count). The molecule has 110 valence electrons. The van der Waals surface area contributed by atoms with E-state index in [4.69, 9.17) is 11.6 Å². The van der Waals surface area contributed by atoms with Crippen LogP contribution < -0.4 is 5.32 Å². The molecule has 1 aliphatic heterocycles. The van der Waals surface area contributed by atoms with Gasteiger partial charge in [0.15, 0.2) is 0 Å². The Morgan fingerprint density at radius 3 is 2.75 bits per heavy atom. The Morgan fingerprint density at radius 1 is 1.55 bits per heavy atom. The summed E-state index contributed by atoms with van der Waals surface area (Å²) in [6.45, 7) is 2.20. The Bertz CT molecular complexity index is 612. The van der Waals surface area contributed by atoms with Crippen molar-refractivity contribution in [2.45, 2.75) is 6.92 Å². The molecule has 1 amide bonds. The van der Waals surface area contributed by atoms with Crippen LogP contribution in [-0.4, -0.2) is 43.2 Å². The van der Waals surface area contributed by atoms with Gasteiger partial charge < -0.3 is 5.32 Å². The van der Waals surface area contributed by atoms with Gasteiger partial charge in [-0.25, -0.2) is 4.98 Å². The molecule has 2 heterocycles. The Balaban J connectivity index is 1.85. The van der Waals surface area contributed by atoms with E-state index in [1.807, 2.05) is 0 Å². The van der Waals surface area contributed by atoms with E-state index in [0.717, 1.165) is 5.56 Å². The van der Waals surface area contributed by atoms with Crippen LogP contribution in [0.2, 0.25) is 5.15 Å². The normalized spacial score (nSPS) is 16.8. The van der Waals surface area contributed by atoms with Crippen LogP contribution in [0, 0.1) is 12.8 Å². The fourth-order valence-electron chi connectivity index (χ4n) is 1.90. The fourth-order valence-corrected chi connectivity index (χ4v) is 2.94. The van der Waals surface area contributed by atoms with Crippen molar-refractivity contribution < 1.29 is 17.1 Å². The number of aromatic nitrogens is 1. The summed E-state index contributed by atoms with van der Waals surface area (Å²) in [5, 5.41) is 2.85. The predicted molar refractivity (Wildman–Crippen MR) is 71.4 cm³/mol. The molecule has 0 spiro atoms. The van der Waals surface area contributed by atoms with Gasteiger partial charge in [-0.2, -0.15) is 12.7 Å². The van der Waals surface area contributed by atoms with E-state index in [9.17, 15) is 17.1 Å². The number of hydrogen-bond donors (Lipinski definition) is 1. The van der Waals surface area contributed by atoms with Gasteiger partial charge in [-0.05, 0) is 24.6 Å². The summed E-state index contributed by atoms with van der Waals surface area (Å²) in [6, 6.07) is 3.23. The van der Waals surface area contributed by atoms with Gasteiger partial charge in [0.2, 0.25) is 0 Å². The summed E-state index contributed by atoms with van der Waals surface area (Å²) in [5.74, 6) is -0.484. The largest absolute Gasteiger partial charge is 0.374 e. The molecule has 20 heavy (non-hydrogen) atoms. The van der Waals surface area contributed by atoms with Crippen molar-refractivity contribution in [3.63, 3.8) is 0 Å². The lowest BCUT2D eigenvalue weighted by atomic mass is 10.0. The molecule has 1 aromatic heterocycles. The third-order valence-corrected chi connectivity index (χ3v) is 4.06. The third kappa shape index (κ3) is 3.65. The first-order valence-corrected chi connectivity index (χ1v) is 7.59. The highest BCUT2D eigenvalue weighted by Crippen LogP contribution is 2.19. The second kappa shape index (κ2) is 5.63. The van der Waals surface area contributed by atoms with Gasteiger partial charge in [-0.15, -0.1) is 0 Å². The van der Waals surface area contributed by atoms with E-state index >= 15 is 0 Å². The molecule has 1 N–H and O–H groups in total. The number of amides is 1. The van der Waals surface area contributed by atoms with Gasteiger partial charge in [0.1, 0.15) is 10.8 Å². The number of carbonyl (C=O) groups is 1. The minimum absolute atomic E-state index is 0.0706. The number of pyridine rings is 1. The van der Waals surface area contributed by atoms with E-state index < -0.39 is 16.3 Å². The standard InChI is InChI=1S/C11H13ClFN3O3S/c1-7-2-9(15-10(12)3-7)11(17)14-4-8-5-16(6-8)20(13,18)19/h2-3,8H,4-6H2,1H3,(H,14,17). The molecule has 0 aliphatic carbocycles. The highest BCUT2D eigenvalue weighted by atomic mass is 35.5. The molecular weight excluding hydrogens is 309 g/mol. The zero-order valence-corrected chi connectivity index (χ0v) is 12.2. The number of rotatable bonds is 4.